The summed E-state index contributed by atoms with van der Waals surface area (Å²) in [5.74, 6) is 1.77. The van der Waals surface area contributed by atoms with E-state index in [1.807, 2.05) is 0 Å². The first kappa shape index (κ1) is 14.3. The molecule has 2 fully saturated rings. The third-order valence-electron chi connectivity index (χ3n) is 5.09. The van der Waals surface area contributed by atoms with Gasteiger partial charge < -0.3 is 10.6 Å². The molecule has 2 nitrogen and oxygen atoms in total. The summed E-state index contributed by atoms with van der Waals surface area (Å²) in [5.41, 5.74) is 0.789. The molecule has 2 rings (SSSR count). The van der Waals surface area contributed by atoms with Crippen molar-refractivity contribution in [2.75, 3.05) is 13.1 Å². The van der Waals surface area contributed by atoms with Crippen molar-refractivity contribution in [3.8, 4) is 0 Å². The fourth-order valence-corrected chi connectivity index (χ4v) is 3.56. The Morgan fingerprint density at radius 1 is 0.667 bits per heavy atom. The minimum Gasteiger partial charge on any atom is -0.313 e. The Bertz CT molecular complexity index is 254. The molecule has 0 saturated carbocycles. The van der Waals surface area contributed by atoms with Crippen LogP contribution in [0.15, 0.2) is 0 Å². The van der Waals surface area contributed by atoms with Crippen molar-refractivity contribution in [3.63, 3.8) is 0 Å². The molecule has 0 amide bonds. The highest BCUT2D eigenvalue weighted by atomic mass is 15.0. The maximum absolute atomic E-state index is 3.80. The van der Waals surface area contributed by atoms with E-state index in [0.29, 0.717) is 22.9 Å². The molecule has 106 valence electrons. The van der Waals surface area contributed by atoms with E-state index in [1.165, 1.54) is 25.9 Å². The summed E-state index contributed by atoms with van der Waals surface area (Å²) in [5, 5.41) is 7.60. The van der Waals surface area contributed by atoms with Crippen LogP contribution in [0.2, 0.25) is 0 Å². The van der Waals surface area contributed by atoms with E-state index in [-0.39, 0.29) is 0 Å². The highest BCUT2D eigenvalue weighted by Gasteiger charge is 2.41. The number of hydrogen-bond acceptors (Lipinski definition) is 2. The summed E-state index contributed by atoms with van der Waals surface area (Å²) in [4.78, 5) is 0. The van der Waals surface area contributed by atoms with Gasteiger partial charge in [-0.15, -0.1) is 0 Å². The molecular weight excluding hydrogens is 220 g/mol. The number of hydrogen-bond donors (Lipinski definition) is 2. The molecule has 2 aliphatic rings. The van der Waals surface area contributed by atoms with E-state index in [9.17, 15) is 0 Å². The van der Waals surface area contributed by atoms with Crippen molar-refractivity contribution in [2.24, 2.45) is 22.7 Å². The molecule has 0 bridgehead atoms. The smallest absolute Gasteiger partial charge is 0.0119 e. The van der Waals surface area contributed by atoms with Crippen molar-refractivity contribution in [3.05, 3.63) is 0 Å². The molecule has 2 saturated heterocycles. The molecule has 2 heteroatoms. The molecule has 4 atom stereocenters. The molecule has 2 heterocycles. The van der Waals surface area contributed by atoms with Gasteiger partial charge in [-0.1, -0.05) is 41.5 Å². The molecule has 0 aromatic carbocycles. The Hall–Kier alpha value is -0.0800. The van der Waals surface area contributed by atoms with Crippen molar-refractivity contribution < 1.29 is 0 Å². The first-order valence-corrected chi connectivity index (χ1v) is 7.64. The summed E-state index contributed by atoms with van der Waals surface area (Å²) in [6.07, 6.45) is 2.69. The van der Waals surface area contributed by atoms with E-state index < -0.39 is 0 Å². The summed E-state index contributed by atoms with van der Waals surface area (Å²) in [6, 6.07) is 1.37. The lowest BCUT2D eigenvalue weighted by atomic mass is 9.68. The van der Waals surface area contributed by atoms with Gasteiger partial charge in [0.15, 0.2) is 0 Å². The van der Waals surface area contributed by atoms with E-state index in [4.69, 9.17) is 0 Å². The topological polar surface area (TPSA) is 24.1 Å². The molecule has 18 heavy (non-hydrogen) atoms. The van der Waals surface area contributed by atoms with Crippen LogP contribution in [-0.4, -0.2) is 25.2 Å². The van der Waals surface area contributed by atoms with Crippen LogP contribution in [0.1, 0.15) is 54.4 Å². The monoisotopic (exact) mass is 252 g/mol. The SMILES string of the molecule is CC(C)(C)C1CC2CNC(C(C)(C)C)CC2CN1. The normalized spacial score (nSPS) is 38.3. The number of fused-ring (bicyclic) bond motifs is 1. The lowest BCUT2D eigenvalue weighted by molar-refractivity contribution is 0.0715. The van der Waals surface area contributed by atoms with Crippen LogP contribution >= 0.6 is 0 Å². The standard InChI is InChI=1S/C16H32N2/c1-15(2,3)13-7-11-10-18-14(16(4,5)6)8-12(11)9-17-13/h11-14,17-18H,7-10H2,1-6H3. The lowest BCUT2D eigenvalue weighted by Crippen LogP contribution is -2.58. The highest BCUT2D eigenvalue weighted by Crippen LogP contribution is 2.38. The minimum atomic E-state index is 0.395. The molecule has 0 aromatic rings. The number of rotatable bonds is 0. The fraction of sp³-hybridized carbons (Fsp3) is 1.00. The minimum absolute atomic E-state index is 0.395. The zero-order chi connectivity index (χ0) is 13.6. The van der Waals surface area contributed by atoms with Crippen molar-refractivity contribution in [1.29, 1.82) is 0 Å². The average molecular weight is 252 g/mol. The Kier molecular flexibility index (Phi) is 3.81. The summed E-state index contributed by atoms with van der Waals surface area (Å²) < 4.78 is 0. The van der Waals surface area contributed by atoms with Crippen LogP contribution in [0, 0.1) is 22.7 Å². The first-order chi connectivity index (χ1) is 8.18. The molecule has 2 aliphatic heterocycles. The second-order valence-corrected chi connectivity index (χ2v) is 8.65. The zero-order valence-corrected chi connectivity index (χ0v) is 13.1. The molecule has 4 unspecified atom stereocenters. The van der Waals surface area contributed by atoms with Gasteiger partial charge in [0.05, 0.1) is 0 Å². The predicted octanol–water partition coefficient (Wildman–Crippen LogP) is 3.03. The molecule has 0 radical (unpaired) electrons. The maximum Gasteiger partial charge on any atom is 0.0119 e. The molecule has 0 aliphatic carbocycles. The molecule has 0 spiro atoms. The van der Waals surface area contributed by atoms with Gasteiger partial charge in [0.2, 0.25) is 0 Å². The van der Waals surface area contributed by atoms with Crippen LogP contribution in [0.4, 0.5) is 0 Å². The highest BCUT2D eigenvalue weighted by molar-refractivity contribution is 4.97. The van der Waals surface area contributed by atoms with Crippen molar-refractivity contribution in [2.45, 2.75) is 66.5 Å². The van der Waals surface area contributed by atoms with Crippen molar-refractivity contribution in [1.82, 2.24) is 10.6 Å². The first-order valence-electron chi connectivity index (χ1n) is 7.64. The number of piperidine rings is 2. The summed E-state index contributed by atoms with van der Waals surface area (Å²) in [6.45, 7) is 16.6. The largest absolute Gasteiger partial charge is 0.313 e. The van der Waals surface area contributed by atoms with Gasteiger partial charge in [-0.2, -0.15) is 0 Å². The Labute approximate surface area is 113 Å². The summed E-state index contributed by atoms with van der Waals surface area (Å²) in [7, 11) is 0. The second-order valence-electron chi connectivity index (χ2n) is 8.65. The lowest BCUT2D eigenvalue weighted by Gasteiger charge is -2.49. The Morgan fingerprint density at radius 2 is 1.00 bits per heavy atom. The van der Waals surface area contributed by atoms with Gasteiger partial charge in [0.1, 0.15) is 0 Å². The summed E-state index contributed by atoms with van der Waals surface area (Å²) >= 11 is 0. The molecule has 2 N–H and O–H groups in total. The van der Waals surface area contributed by atoms with Crippen molar-refractivity contribution >= 4 is 0 Å². The maximum atomic E-state index is 3.80. The van der Waals surface area contributed by atoms with Crippen LogP contribution in [0.5, 0.6) is 0 Å². The van der Waals surface area contributed by atoms with Gasteiger partial charge in [-0.05, 0) is 48.6 Å². The van der Waals surface area contributed by atoms with Crippen LogP contribution in [0.3, 0.4) is 0 Å². The third kappa shape index (κ3) is 3.08. The third-order valence-corrected chi connectivity index (χ3v) is 5.09. The molecular formula is C16H32N2. The second kappa shape index (κ2) is 4.79. The zero-order valence-electron chi connectivity index (χ0n) is 13.1. The average Bonchev–Trinajstić information content (AvgIpc) is 2.25. The quantitative estimate of drug-likeness (QED) is 0.692. The number of nitrogens with one attached hydrogen (secondary N) is 2. The Morgan fingerprint density at radius 3 is 1.28 bits per heavy atom. The van der Waals surface area contributed by atoms with Crippen LogP contribution in [-0.2, 0) is 0 Å². The van der Waals surface area contributed by atoms with Gasteiger partial charge >= 0.3 is 0 Å². The van der Waals surface area contributed by atoms with Crippen LogP contribution in [0.25, 0.3) is 0 Å². The fourth-order valence-electron chi connectivity index (χ4n) is 3.56. The predicted molar refractivity (Wildman–Crippen MR) is 78.7 cm³/mol. The molecule has 0 aromatic heterocycles. The van der Waals surface area contributed by atoms with E-state index in [0.717, 1.165) is 11.8 Å². The van der Waals surface area contributed by atoms with E-state index >= 15 is 0 Å². The van der Waals surface area contributed by atoms with E-state index in [2.05, 4.69) is 52.2 Å². The van der Waals surface area contributed by atoms with Gasteiger partial charge in [0.25, 0.3) is 0 Å². The van der Waals surface area contributed by atoms with Crippen LogP contribution < -0.4 is 10.6 Å². The van der Waals surface area contributed by atoms with Gasteiger partial charge in [-0.3, -0.25) is 0 Å². The van der Waals surface area contributed by atoms with Gasteiger partial charge in [-0.25, -0.2) is 0 Å². The van der Waals surface area contributed by atoms with E-state index in [1.54, 1.807) is 0 Å². The van der Waals surface area contributed by atoms with Gasteiger partial charge in [0, 0.05) is 12.1 Å². The Balaban J connectivity index is 1.96.